The highest BCUT2D eigenvalue weighted by atomic mass is 19.1. The lowest BCUT2D eigenvalue weighted by Crippen LogP contribution is -2.31. The van der Waals surface area contributed by atoms with Gasteiger partial charge < -0.3 is 4.42 Å². The number of rotatable bonds is 3. The number of fused-ring (bicyclic) bond motifs is 3. The standard InChI is InChI=1S/C37H38FN2O/c1-22-7-17-29-30-18-14-27(20-39)34(36(30)41-35(29)33(22)32-19-31(38)23(2)21-40(32)6)26-10-8-24(9-11-26)25-12-15-28(16-13-25)37(3,4)5/h7-11,14,17-19,21,25,28H,12-13,15-16H2,1-6H3/q+1. The lowest BCUT2D eigenvalue weighted by atomic mass is 9.68. The van der Waals surface area contributed by atoms with Crippen molar-refractivity contribution in [3.63, 3.8) is 0 Å². The maximum atomic E-state index is 14.7. The molecule has 1 aliphatic rings. The Labute approximate surface area is 242 Å². The molecule has 1 saturated carbocycles. The van der Waals surface area contributed by atoms with Gasteiger partial charge >= 0.3 is 0 Å². The zero-order valence-corrected chi connectivity index (χ0v) is 24.9. The first-order chi connectivity index (χ1) is 19.6. The van der Waals surface area contributed by atoms with Crippen molar-refractivity contribution < 1.29 is 13.4 Å². The minimum atomic E-state index is -0.245. The van der Waals surface area contributed by atoms with Gasteiger partial charge in [0.15, 0.2) is 6.20 Å². The van der Waals surface area contributed by atoms with E-state index in [4.69, 9.17) is 4.42 Å². The van der Waals surface area contributed by atoms with Gasteiger partial charge in [0.1, 0.15) is 24.0 Å². The second-order valence-corrected chi connectivity index (χ2v) is 13.0. The molecule has 0 atom stereocenters. The number of nitrogens with zero attached hydrogens (tertiary/aromatic N) is 2. The van der Waals surface area contributed by atoms with E-state index in [1.54, 1.807) is 13.0 Å². The maximum Gasteiger partial charge on any atom is 0.219 e. The first-order valence-corrected chi connectivity index (χ1v) is 14.7. The summed E-state index contributed by atoms with van der Waals surface area (Å²) in [4.78, 5) is 0. The van der Waals surface area contributed by atoms with Crippen LogP contribution < -0.4 is 4.57 Å². The predicted molar refractivity (Wildman–Crippen MR) is 164 cm³/mol. The van der Waals surface area contributed by atoms with Crippen molar-refractivity contribution in [2.24, 2.45) is 18.4 Å². The van der Waals surface area contributed by atoms with Crippen LogP contribution in [0.4, 0.5) is 4.39 Å². The molecule has 0 amide bonds. The molecule has 3 nitrogen and oxygen atoms in total. The predicted octanol–water partition coefficient (Wildman–Crippen LogP) is 9.69. The number of nitriles is 1. The second kappa shape index (κ2) is 10.1. The largest absolute Gasteiger partial charge is 0.454 e. The zero-order chi connectivity index (χ0) is 29.1. The molecule has 0 radical (unpaired) electrons. The molecule has 4 heteroatoms. The molecule has 2 aromatic heterocycles. The number of hydrogen-bond donors (Lipinski definition) is 0. The van der Waals surface area contributed by atoms with Crippen LogP contribution in [0, 0.1) is 42.3 Å². The Morgan fingerprint density at radius 2 is 1.49 bits per heavy atom. The van der Waals surface area contributed by atoms with Gasteiger partial charge in [-0.3, -0.25) is 0 Å². The zero-order valence-electron chi connectivity index (χ0n) is 24.9. The number of aromatic nitrogens is 1. The number of furan rings is 1. The number of halogens is 1. The fraction of sp³-hybridized carbons (Fsp3) is 0.351. The Balaban J connectivity index is 1.45. The first-order valence-electron chi connectivity index (χ1n) is 14.7. The second-order valence-electron chi connectivity index (χ2n) is 13.0. The Morgan fingerprint density at radius 1 is 0.854 bits per heavy atom. The van der Waals surface area contributed by atoms with Crippen molar-refractivity contribution >= 4 is 21.9 Å². The van der Waals surface area contributed by atoms with Crippen LogP contribution in [0.1, 0.15) is 74.6 Å². The molecule has 0 saturated heterocycles. The Morgan fingerprint density at radius 3 is 2.12 bits per heavy atom. The first kappa shape index (κ1) is 27.2. The van der Waals surface area contributed by atoms with Crippen molar-refractivity contribution in [2.45, 2.75) is 66.2 Å². The highest BCUT2D eigenvalue weighted by Gasteiger charge is 2.30. The molecule has 3 aromatic carbocycles. The van der Waals surface area contributed by atoms with E-state index < -0.39 is 0 Å². The lowest BCUT2D eigenvalue weighted by molar-refractivity contribution is -0.661. The average molecular weight is 546 g/mol. The molecule has 5 aromatic rings. The Hall–Kier alpha value is -3.97. The lowest BCUT2D eigenvalue weighted by Gasteiger charge is -2.37. The normalized spacial score (nSPS) is 17.7. The minimum Gasteiger partial charge on any atom is -0.454 e. The van der Waals surface area contributed by atoms with Gasteiger partial charge in [0.2, 0.25) is 5.69 Å². The van der Waals surface area contributed by atoms with Crippen molar-refractivity contribution in [1.29, 1.82) is 5.26 Å². The SMILES string of the molecule is Cc1c[n+](C)c(-c2c(C)ccc3c2oc2c(-c4ccc(C5CCC(C(C)(C)C)CC5)cc4)c(C#N)ccc23)cc1F. The molecule has 2 heterocycles. The summed E-state index contributed by atoms with van der Waals surface area (Å²) in [5.41, 5.74) is 8.74. The molecule has 0 unspecified atom stereocenters. The number of pyridine rings is 1. The molecule has 41 heavy (non-hydrogen) atoms. The van der Waals surface area contributed by atoms with E-state index in [9.17, 15) is 9.65 Å². The third kappa shape index (κ3) is 4.72. The summed E-state index contributed by atoms with van der Waals surface area (Å²) in [5, 5.41) is 12.0. The van der Waals surface area contributed by atoms with E-state index >= 15 is 0 Å². The van der Waals surface area contributed by atoms with Gasteiger partial charge in [-0.05, 0) is 85.6 Å². The Bertz CT molecular complexity index is 1820. The fourth-order valence-corrected chi connectivity index (χ4v) is 6.92. The minimum absolute atomic E-state index is 0.245. The number of benzene rings is 3. The number of aryl methyl sites for hydroxylation is 3. The monoisotopic (exact) mass is 545 g/mol. The van der Waals surface area contributed by atoms with Crippen LogP contribution in [0.25, 0.3) is 44.3 Å². The van der Waals surface area contributed by atoms with Crippen LogP contribution in [0.3, 0.4) is 0 Å². The molecular formula is C37H38FN2O+. The maximum absolute atomic E-state index is 14.7. The van der Waals surface area contributed by atoms with Crippen LogP contribution in [-0.2, 0) is 7.05 Å². The summed E-state index contributed by atoms with van der Waals surface area (Å²) in [6.07, 6.45) is 6.81. The summed E-state index contributed by atoms with van der Waals surface area (Å²) in [6.45, 7) is 10.9. The van der Waals surface area contributed by atoms with Crippen LogP contribution in [0.5, 0.6) is 0 Å². The summed E-state index contributed by atoms with van der Waals surface area (Å²) >= 11 is 0. The molecule has 0 aliphatic heterocycles. The smallest absolute Gasteiger partial charge is 0.219 e. The van der Waals surface area contributed by atoms with E-state index in [0.717, 1.165) is 44.6 Å². The van der Waals surface area contributed by atoms with Gasteiger partial charge in [-0.1, -0.05) is 57.2 Å². The van der Waals surface area contributed by atoms with Gasteiger partial charge in [0.05, 0.1) is 17.2 Å². The van der Waals surface area contributed by atoms with Gasteiger partial charge in [-0.15, -0.1) is 0 Å². The van der Waals surface area contributed by atoms with Gasteiger partial charge in [0.25, 0.3) is 0 Å². The molecule has 0 spiro atoms. The highest BCUT2D eigenvalue weighted by molar-refractivity contribution is 6.14. The molecule has 6 rings (SSSR count). The highest BCUT2D eigenvalue weighted by Crippen LogP contribution is 2.45. The molecule has 208 valence electrons. The third-order valence-corrected chi connectivity index (χ3v) is 9.42. The summed E-state index contributed by atoms with van der Waals surface area (Å²) in [6, 6.07) is 20.7. The van der Waals surface area contributed by atoms with E-state index in [0.29, 0.717) is 33.6 Å². The quantitative estimate of drug-likeness (QED) is 0.212. The molecule has 1 fully saturated rings. The summed E-state index contributed by atoms with van der Waals surface area (Å²) in [5.74, 6) is 1.13. The Kier molecular flexibility index (Phi) is 6.73. The number of hydrogen-bond acceptors (Lipinski definition) is 2. The average Bonchev–Trinajstić information content (AvgIpc) is 3.33. The molecule has 0 bridgehead atoms. The third-order valence-electron chi connectivity index (χ3n) is 9.42. The van der Waals surface area contributed by atoms with E-state index in [-0.39, 0.29) is 5.82 Å². The fourth-order valence-electron chi connectivity index (χ4n) is 6.92. The van der Waals surface area contributed by atoms with Crippen LogP contribution in [0.2, 0.25) is 0 Å². The van der Waals surface area contributed by atoms with Crippen molar-refractivity contribution in [2.75, 3.05) is 0 Å². The van der Waals surface area contributed by atoms with Crippen LogP contribution in [-0.4, -0.2) is 0 Å². The summed E-state index contributed by atoms with van der Waals surface area (Å²) < 4.78 is 23.3. The van der Waals surface area contributed by atoms with E-state index in [1.165, 1.54) is 31.2 Å². The molecule has 1 aliphatic carbocycles. The molecule has 0 N–H and O–H groups in total. The van der Waals surface area contributed by atoms with Crippen LogP contribution in [0.15, 0.2) is 65.2 Å². The van der Waals surface area contributed by atoms with Crippen LogP contribution >= 0.6 is 0 Å². The van der Waals surface area contributed by atoms with Gasteiger partial charge in [0, 0.05) is 28.0 Å². The van der Waals surface area contributed by atoms with E-state index in [2.05, 4.69) is 63.2 Å². The van der Waals surface area contributed by atoms with Crippen molar-refractivity contribution in [3.8, 4) is 28.5 Å². The molecular weight excluding hydrogens is 507 g/mol. The summed E-state index contributed by atoms with van der Waals surface area (Å²) in [7, 11) is 1.93. The van der Waals surface area contributed by atoms with E-state index in [1.807, 2.05) is 36.9 Å². The van der Waals surface area contributed by atoms with Crippen molar-refractivity contribution in [3.05, 3.63) is 88.9 Å². The van der Waals surface area contributed by atoms with Crippen molar-refractivity contribution in [1.82, 2.24) is 0 Å². The van der Waals surface area contributed by atoms with Gasteiger partial charge in [-0.2, -0.15) is 5.26 Å². The topological polar surface area (TPSA) is 40.8 Å². The van der Waals surface area contributed by atoms with Gasteiger partial charge in [-0.25, -0.2) is 8.96 Å².